The van der Waals surface area contributed by atoms with Gasteiger partial charge in [0.05, 0.1) is 31.5 Å². The second kappa shape index (κ2) is 11.2. The lowest BCUT2D eigenvalue weighted by atomic mass is 10.1. The molecule has 2 amide bonds. The molecule has 0 bridgehead atoms. The Morgan fingerprint density at radius 2 is 1.88 bits per heavy atom. The maximum atomic E-state index is 14.8. The van der Waals surface area contributed by atoms with Crippen LogP contribution in [0.3, 0.4) is 0 Å². The van der Waals surface area contributed by atoms with Crippen LogP contribution in [0.2, 0.25) is 0 Å². The third-order valence-electron chi connectivity index (χ3n) is 7.36. The number of alkyl halides is 1. The molecule has 4 aromatic rings. The number of hydrogen-bond donors (Lipinski definition) is 1. The quantitative estimate of drug-likeness (QED) is 0.292. The Hall–Kier alpha value is -4.74. The molecule has 3 aromatic heterocycles. The van der Waals surface area contributed by atoms with Crippen molar-refractivity contribution in [3.05, 3.63) is 72.1 Å². The molecule has 224 valence electrons. The number of halogens is 1. The molecule has 1 aliphatic carbocycles. The summed E-state index contributed by atoms with van der Waals surface area (Å²) in [7, 11) is 0. The van der Waals surface area contributed by atoms with Crippen molar-refractivity contribution in [2.24, 2.45) is 0 Å². The summed E-state index contributed by atoms with van der Waals surface area (Å²) in [6, 6.07) is 15.0. The Kier molecular flexibility index (Phi) is 7.37. The Morgan fingerprint density at radius 3 is 2.51 bits per heavy atom. The van der Waals surface area contributed by atoms with Gasteiger partial charge in [-0.15, -0.1) is 0 Å². The number of ether oxygens (including phenoxy) is 2. The number of carbonyl (C=O) groups is 2. The number of rotatable bonds is 7. The van der Waals surface area contributed by atoms with Crippen molar-refractivity contribution in [2.75, 3.05) is 18.0 Å². The molecule has 11 nitrogen and oxygen atoms in total. The molecule has 43 heavy (non-hydrogen) atoms. The van der Waals surface area contributed by atoms with Gasteiger partial charge in [0.15, 0.2) is 17.9 Å². The van der Waals surface area contributed by atoms with Gasteiger partial charge in [-0.2, -0.15) is 14.6 Å². The van der Waals surface area contributed by atoms with E-state index < -0.39 is 30.1 Å². The van der Waals surface area contributed by atoms with Crippen LogP contribution < -0.4 is 9.64 Å². The highest BCUT2D eigenvalue weighted by molar-refractivity contribution is 5.87. The number of hydrogen-bond acceptors (Lipinski definition) is 7. The number of nitrogens with zero attached hydrogens (tertiary/aromatic N) is 6. The Bertz CT molecular complexity index is 1630. The van der Waals surface area contributed by atoms with E-state index in [-0.39, 0.29) is 31.4 Å². The summed E-state index contributed by atoms with van der Waals surface area (Å²) in [6.07, 6.45) is 1.07. The number of likely N-dealkylation sites (tertiary alicyclic amines) is 1. The fourth-order valence-electron chi connectivity index (χ4n) is 5.09. The molecule has 0 unspecified atom stereocenters. The zero-order chi connectivity index (χ0) is 30.3. The van der Waals surface area contributed by atoms with Crippen molar-refractivity contribution in [2.45, 2.75) is 64.0 Å². The molecule has 1 N–H and O–H groups in total. The van der Waals surface area contributed by atoms with E-state index in [9.17, 15) is 19.1 Å². The number of benzene rings is 1. The number of aromatic nitrogens is 4. The number of pyridine rings is 1. The lowest BCUT2D eigenvalue weighted by Gasteiger charge is -2.28. The Morgan fingerprint density at radius 1 is 1.12 bits per heavy atom. The fourth-order valence-corrected chi connectivity index (χ4v) is 5.09. The van der Waals surface area contributed by atoms with Gasteiger partial charge < -0.3 is 19.5 Å². The molecule has 1 saturated carbocycles. The highest BCUT2D eigenvalue weighted by atomic mass is 19.1. The number of anilines is 1. The van der Waals surface area contributed by atoms with Gasteiger partial charge in [-0.05, 0) is 57.2 Å². The predicted molar refractivity (Wildman–Crippen MR) is 156 cm³/mol. The Labute approximate surface area is 247 Å². The molecular formula is C31H33FN6O5. The van der Waals surface area contributed by atoms with E-state index in [2.05, 4.69) is 15.1 Å². The number of fused-ring (bicyclic) bond motifs is 1. The summed E-state index contributed by atoms with van der Waals surface area (Å²) >= 11 is 0. The first-order valence-electron chi connectivity index (χ1n) is 14.2. The molecule has 1 aliphatic heterocycles. The van der Waals surface area contributed by atoms with Gasteiger partial charge in [-0.25, -0.2) is 14.0 Å². The van der Waals surface area contributed by atoms with Crippen molar-refractivity contribution in [3.8, 4) is 17.1 Å². The van der Waals surface area contributed by atoms with Crippen LogP contribution in [0.4, 0.5) is 19.8 Å². The van der Waals surface area contributed by atoms with Crippen molar-refractivity contribution in [1.82, 2.24) is 24.5 Å². The van der Waals surface area contributed by atoms with Gasteiger partial charge in [0.2, 0.25) is 5.88 Å². The van der Waals surface area contributed by atoms with Gasteiger partial charge in [-0.3, -0.25) is 9.88 Å². The van der Waals surface area contributed by atoms with Gasteiger partial charge >= 0.3 is 12.2 Å². The normalized spacial score (nSPS) is 18.6. The van der Waals surface area contributed by atoms with E-state index in [0.717, 1.165) is 40.1 Å². The average Bonchev–Trinajstić information content (AvgIpc) is 3.62. The van der Waals surface area contributed by atoms with E-state index in [1.165, 1.54) is 11.0 Å². The fraction of sp³-hybridized carbons (Fsp3) is 0.387. The maximum Gasteiger partial charge on any atom is 0.416 e. The van der Waals surface area contributed by atoms with Crippen LogP contribution in [-0.2, 0) is 11.3 Å². The monoisotopic (exact) mass is 588 g/mol. The minimum atomic E-state index is -1.52. The molecule has 1 saturated heterocycles. The van der Waals surface area contributed by atoms with Crippen molar-refractivity contribution in [1.29, 1.82) is 0 Å². The van der Waals surface area contributed by atoms with Crippen molar-refractivity contribution in [3.63, 3.8) is 0 Å². The van der Waals surface area contributed by atoms with Crippen LogP contribution in [0.15, 0.2) is 60.9 Å². The number of amides is 2. The second-order valence-corrected chi connectivity index (χ2v) is 11.9. The molecule has 0 spiro atoms. The highest BCUT2D eigenvalue weighted by Gasteiger charge is 2.38. The molecule has 2 aliphatic rings. The van der Waals surface area contributed by atoms with Crippen molar-refractivity contribution >= 4 is 23.7 Å². The summed E-state index contributed by atoms with van der Waals surface area (Å²) in [5.74, 6) is 0.687. The van der Waals surface area contributed by atoms with Crippen LogP contribution in [-0.4, -0.2) is 72.7 Å². The summed E-state index contributed by atoms with van der Waals surface area (Å²) in [5, 5.41) is 13.9. The summed E-state index contributed by atoms with van der Waals surface area (Å²) in [4.78, 5) is 36.7. The Balaban J connectivity index is 1.39. The van der Waals surface area contributed by atoms with E-state index in [0.29, 0.717) is 11.5 Å². The lowest BCUT2D eigenvalue weighted by molar-refractivity contribution is 0.0575. The van der Waals surface area contributed by atoms with E-state index in [1.807, 2.05) is 42.5 Å². The first-order valence-corrected chi connectivity index (χ1v) is 14.2. The zero-order valence-corrected chi connectivity index (χ0v) is 24.2. The van der Waals surface area contributed by atoms with Gasteiger partial charge in [0, 0.05) is 23.4 Å². The molecule has 0 radical (unpaired) electrons. The van der Waals surface area contributed by atoms with E-state index in [4.69, 9.17) is 9.47 Å². The van der Waals surface area contributed by atoms with Crippen LogP contribution >= 0.6 is 0 Å². The largest absolute Gasteiger partial charge is 0.469 e. The minimum Gasteiger partial charge on any atom is -0.469 e. The zero-order valence-electron chi connectivity index (χ0n) is 24.2. The van der Waals surface area contributed by atoms with E-state index >= 15 is 0 Å². The lowest BCUT2D eigenvalue weighted by Crippen LogP contribution is -2.37. The van der Waals surface area contributed by atoms with E-state index in [1.54, 1.807) is 37.7 Å². The van der Waals surface area contributed by atoms with Gasteiger partial charge in [-0.1, -0.05) is 30.3 Å². The first kappa shape index (κ1) is 28.4. The third-order valence-corrected chi connectivity index (χ3v) is 7.36. The third kappa shape index (κ3) is 6.23. The van der Waals surface area contributed by atoms with Crippen molar-refractivity contribution < 1.29 is 28.6 Å². The second-order valence-electron chi connectivity index (χ2n) is 11.9. The number of carbonyl (C=O) groups excluding carboxylic acids is 1. The van der Waals surface area contributed by atoms with Crippen LogP contribution in [0.1, 0.15) is 50.7 Å². The molecule has 4 heterocycles. The maximum absolute atomic E-state index is 14.8. The first-order chi connectivity index (χ1) is 20.6. The standard InChI is InChI=1S/C31H33FN6O5/c1-31(2,3)43-30(41)37(16-19-7-9-21(10-8-19)24-6-4-5-13-33-24)27-14-26(42-25-18-36(29(39)40)17-23(25)32)35-28-22(20-11-12-20)15-34-38(27)28/h4-10,13-15,20,23,25H,11-12,16-18H2,1-3H3,(H,39,40)/t23-,25-/m0/s1. The minimum absolute atomic E-state index is 0.0730. The van der Waals surface area contributed by atoms with Crippen LogP contribution in [0.25, 0.3) is 16.9 Å². The smallest absolute Gasteiger partial charge is 0.416 e. The molecule has 1 aromatic carbocycles. The van der Waals surface area contributed by atoms with Gasteiger partial charge in [0.1, 0.15) is 11.4 Å². The molecule has 6 rings (SSSR count). The summed E-state index contributed by atoms with van der Waals surface area (Å²) < 4.78 is 28.2. The predicted octanol–water partition coefficient (Wildman–Crippen LogP) is 5.69. The highest BCUT2D eigenvalue weighted by Crippen LogP contribution is 2.42. The van der Waals surface area contributed by atoms with Crippen LogP contribution in [0.5, 0.6) is 5.88 Å². The SMILES string of the molecule is CC(C)(C)OC(=O)N(Cc1ccc(-c2ccccn2)cc1)c1cc(O[C@H]2CN(C(=O)O)C[C@@H]2F)nc2c(C3CC3)cnn12. The summed E-state index contributed by atoms with van der Waals surface area (Å²) in [6.45, 7) is 5.08. The molecule has 12 heteroatoms. The van der Waals surface area contributed by atoms with Crippen LogP contribution in [0, 0.1) is 0 Å². The van der Waals surface area contributed by atoms with Gasteiger partial charge in [0.25, 0.3) is 0 Å². The summed E-state index contributed by atoms with van der Waals surface area (Å²) in [5.41, 5.74) is 3.22. The molecular weight excluding hydrogens is 555 g/mol. The number of carboxylic acid groups (broad SMARTS) is 1. The average molecular weight is 589 g/mol. The topological polar surface area (TPSA) is 122 Å². The molecule has 2 fully saturated rings. The molecule has 2 atom stereocenters.